The summed E-state index contributed by atoms with van der Waals surface area (Å²) in [5.74, 6) is 2.68. The molecular formula is C21H30N6O2. The van der Waals surface area contributed by atoms with Gasteiger partial charge in [0.1, 0.15) is 11.3 Å². The highest BCUT2D eigenvalue weighted by Gasteiger charge is 2.45. The first-order valence-electron chi connectivity index (χ1n) is 10.8. The minimum absolute atomic E-state index is 0.129. The second-order valence-corrected chi connectivity index (χ2v) is 9.47. The van der Waals surface area contributed by atoms with E-state index in [9.17, 15) is 5.11 Å². The first kappa shape index (κ1) is 18.9. The number of aromatic nitrogens is 5. The highest BCUT2D eigenvalue weighted by Crippen LogP contribution is 2.44. The summed E-state index contributed by atoms with van der Waals surface area (Å²) in [7, 11) is 0. The van der Waals surface area contributed by atoms with Crippen LogP contribution >= 0.6 is 0 Å². The van der Waals surface area contributed by atoms with Crippen molar-refractivity contribution in [3.8, 4) is 0 Å². The van der Waals surface area contributed by atoms with Gasteiger partial charge in [0.15, 0.2) is 0 Å². The Morgan fingerprint density at radius 3 is 2.52 bits per heavy atom. The predicted molar refractivity (Wildman–Crippen MR) is 107 cm³/mol. The maximum Gasteiger partial charge on any atom is 0.225 e. The summed E-state index contributed by atoms with van der Waals surface area (Å²) in [6.07, 6.45) is 10.2. The summed E-state index contributed by atoms with van der Waals surface area (Å²) >= 11 is 0. The standard InChI is InChI=1S/C21H30N6O2/c1-21(2,28)19-12-27(25-24-19)17-8-15-10-26(20-22-6-3-7-23-20)11-16(15)9-18(17)29-13-14-4-5-14/h3,6-7,12,14-18,28H,4-5,8-11,13H2,1-2H3/t15-,16+,17-,18-/m1/s1. The Bertz CT molecular complexity index is 831. The highest BCUT2D eigenvalue weighted by molar-refractivity contribution is 5.31. The Labute approximate surface area is 171 Å². The number of anilines is 1. The zero-order chi connectivity index (χ0) is 20.0. The van der Waals surface area contributed by atoms with Crippen molar-refractivity contribution in [1.29, 1.82) is 0 Å². The van der Waals surface area contributed by atoms with E-state index in [4.69, 9.17) is 4.74 Å². The van der Waals surface area contributed by atoms with Gasteiger partial charge in [0.25, 0.3) is 0 Å². The fourth-order valence-electron chi connectivity index (χ4n) is 4.73. The van der Waals surface area contributed by atoms with Crippen molar-refractivity contribution in [2.45, 2.75) is 57.3 Å². The monoisotopic (exact) mass is 398 g/mol. The van der Waals surface area contributed by atoms with Gasteiger partial charge < -0.3 is 14.7 Å². The molecule has 1 N–H and O–H groups in total. The minimum atomic E-state index is -0.991. The molecular weight excluding hydrogens is 368 g/mol. The van der Waals surface area contributed by atoms with E-state index < -0.39 is 5.60 Å². The number of hydrogen-bond acceptors (Lipinski definition) is 7. The zero-order valence-electron chi connectivity index (χ0n) is 17.2. The largest absolute Gasteiger partial charge is 0.384 e. The third kappa shape index (κ3) is 4.00. The van der Waals surface area contributed by atoms with Gasteiger partial charge >= 0.3 is 0 Å². The predicted octanol–water partition coefficient (Wildman–Crippen LogP) is 2.18. The maximum absolute atomic E-state index is 10.3. The normalized spacial score (nSPS) is 29.8. The lowest BCUT2D eigenvalue weighted by molar-refractivity contribution is -0.0376. The maximum atomic E-state index is 10.3. The molecule has 3 fully saturated rings. The van der Waals surface area contributed by atoms with Gasteiger partial charge in [0, 0.05) is 32.1 Å². The third-order valence-corrected chi connectivity index (χ3v) is 6.64. The van der Waals surface area contributed by atoms with E-state index in [0.717, 1.165) is 44.4 Å². The molecule has 29 heavy (non-hydrogen) atoms. The summed E-state index contributed by atoms with van der Waals surface area (Å²) in [5.41, 5.74) is -0.388. The lowest BCUT2D eigenvalue weighted by Crippen LogP contribution is -2.38. The van der Waals surface area contributed by atoms with E-state index in [0.29, 0.717) is 17.5 Å². The Morgan fingerprint density at radius 1 is 1.14 bits per heavy atom. The molecule has 1 aliphatic heterocycles. The van der Waals surface area contributed by atoms with Gasteiger partial charge in [0.2, 0.25) is 5.95 Å². The van der Waals surface area contributed by atoms with Crippen LogP contribution in [0.25, 0.3) is 0 Å². The van der Waals surface area contributed by atoms with Crippen molar-refractivity contribution in [3.63, 3.8) is 0 Å². The number of fused-ring (bicyclic) bond motifs is 1. The Kier molecular flexibility index (Phi) is 4.78. The average molecular weight is 399 g/mol. The Morgan fingerprint density at radius 2 is 1.86 bits per heavy atom. The summed E-state index contributed by atoms with van der Waals surface area (Å²) in [6.45, 7) is 6.28. The molecule has 8 nitrogen and oxygen atoms in total. The molecule has 0 aromatic carbocycles. The van der Waals surface area contributed by atoms with E-state index in [1.54, 1.807) is 13.8 Å². The second-order valence-electron chi connectivity index (χ2n) is 9.47. The fraction of sp³-hybridized carbons (Fsp3) is 0.714. The molecule has 3 heterocycles. The van der Waals surface area contributed by atoms with Crippen LogP contribution in [-0.4, -0.2) is 55.9 Å². The van der Waals surface area contributed by atoms with Crippen molar-refractivity contribution >= 4 is 5.95 Å². The lowest BCUT2D eigenvalue weighted by atomic mass is 9.77. The number of nitrogens with zero attached hydrogens (tertiary/aromatic N) is 6. The molecule has 0 amide bonds. The van der Waals surface area contributed by atoms with Crippen LogP contribution < -0.4 is 4.90 Å². The third-order valence-electron chi connectivity index (χ3n) is 6.64. The quantitative estimate of drug-likeness (QED) is 0.798. The molecule has 2 aromatic rings. The molecule has 0 unspecified atom stereocenters. The van der Waals surface area contributed by atoms with E-state index in [1.807, 2.05) is 29.3 Å². The van der Waals surface area contributed by atoms with Crippen LogP contribution in [0.1, 0.15) is 51.3 Å². The first-order chi connectivity index (χ1) is 14.0. The van der Waals surface area contributed by atoms with Gasteiger partial charge in [-0.3, -0.25) is 0 Å². The van der Waals surface area contributed by atoms with Crippen LogP contribution in [0.3, 0.4) is 0 Å². The summed E-state index contributed by atoms with van der Waals surface area (Å²) in [4.78, 5) is 11.2. The van der Waals surface area contributed by atoms with Crippen LogP contribution in [0, 0.1) is 17.8 Å². The molecule has 8 heteroatoms. The minimum Gasteiger partial charge on any atom is -0.384 e. The molecule has 0 spiro atoms. The molecule has 156 valence electrons. The number of hydrogen-bond donors (Lipinski definition) is 1. The molecule has 2 saturated carbocycles. The van der Waals surface area contributed by atoms with Crippen molar-refractivity contribution in [3.05, 3.63) is 30.4 Å². The molecule has 0 bridgehead atoms. The lowest BCUT2D eigenvalue weighted by Gasteiger charge is -2.37. The van der Waals surface area contributed by atoms with Gasteiger partial charge in [-0.2, -0.15) is 0 Å². The number of rotatable bonds is 6. The van der Waals surface area contributed by atoms with E-state index in [-0.39, 0.29) is 12.1 Å². The van der Waals surface area contributed by atoms with Crippen LogP contribution in [0.4, 0.5) is 5.95 Å². The van der Waals surface area contributed by atoms with Crippen LogP contribution in [-0.2, 0) is 10.3 Å². The van der Waals surface area contributed by atoms with Gasteiger partial charge in [-0.25, -0.2) is 14.6 Å². The number of ether oxygens (including phenoxy) is 1. The molecule has 2 aromatic heterocycles. The molecule has 4 atom stereocenters. The van der Waals surface area contributed by atoms with Crippen LogP contribution in [0.15, 0.2) is 24.7 Å². The van der Waals surface area contributed by atoms with Gasteiger partial charge in [-0.05, 0) is 63.4 Å². The Hall–Kier alpha value is -2.06. The molecule has 5 rings (SSSR count). The topological polar surface area (TPSA) is 89.2 Å². The van der Waals surface area contributed by atoms with Crippen LogP contribution in [0.5, 0.6) is 0 Å². The molecule has 0 radical (unpaired) electrons. The molecule has 2 aliphatic carbocycles. The molecule has 1 saturated heterocycles. The average Bonchev–Trinajstić information content (AvgIpc) is 3.23. The second kappa shape index (κ2) is 7.32. The van der Waals surface area contributed by atoms with E-state index in [1.165, 1.54) is 12.8 Å². The molecule has 3 aliphatic rings. The van der Waals surface area contributed by atoms with Crippen LogP contribution in [0.2, 0.25) is 0 Å². The smallest absolute Gasteiger partial charge is 0.225 e. The van der Waals surface area contributed by atoms with Crippen molar-refractivity contribution in [2.24, 2.45) is 17.8 Å². The van der Waals surface area contributed by atoms with E-state index in [2.05, 4.69) is 25.2 Å². The van der Waals surface area contributed by atoms with E-state index >= 15 is 0 Å². The fourth-order valence-corrected chi connectivity index (χ4v) is 4.73. The van der Waals surface area contributed by atoms with Crippen molar-refractivity contribution < 1.29 is 9.84 Å². The summed E-state index contributed by atoms with van der Waals surface area (Å²) in [5, 5.41) is 18.9. The summed E-state index contributed by atoms with van der Waals surface area (Å²) in [6, 6.07) is 2.00. The first-order valence-corrected chi connectivity index (χ1v) is 10.8. The van der Waals surface area contributed by atoms with Gasteiger partial charge in [-0.1, -0.05) is 5.21 Å². The summed E-state index contributed by atoms with van der Waals surface area (Å²) < 4.78 is 8.35. The van der Waals surface area contributed by atoms with Gasteiger partial charge in [-0.15, -0.1) is 5.10 Å². The van der Waals surface area contributed by atoms with Gasteiger partial charge in [0.05, 0.1) is 18.3 Å². The highest BCUT2D eigenvalue weighted by atomic mass is 16.5. The zero-order valence-corrected chi connectivity index (χ0v) is 17.2. The SMILES string of the molecule is CC(C)(O)c1cn([C@@H]2C[C@@H]3CN(c4ncccn4)C[C@@H]3C[C@H]2OCC2CC2)nn1. The van der Waals surface area contributed by atoms with Crippen molar-refractivity contribution in [1.82, 2.24) is 25.0 Å². The number of aliphatic hydroxyl groups is 1. The Balaban J connectivity index is 1.35. The van der Waals surface area contributed by atoms with Crippen molar-refractivity contribution in [2.75, 3.05) is 24.6 Å².